The number of carbonyl (C=O) groups excluding carboxylic acids is 1. The number of halogens is 1. The molecule has 0 bridgehead atoms. The summed E-state index contributed by atoms with van der Waals surface area (Å²) >= 11 is 3.40. The molecular weight excluding hydrogens is 320 g/mol. The SMILES string of the molecule is CC/C=C\CCOCCCC(=O)OCCCCCCBr. The second kappa shape index (κ2) is 16.7. The van der Waals surface area contributed by atoms with Crippen molar-refractivity contribution in [2.75, 3.05) is 25.2 Å². The monoisotopic (exact) mass is 348 g/mol. The number of esters is 1. The van der Waals surface area contributed by atoms with Crippen molar-refractivity contribution in [3.63, 3.8) is 0 Å². The fourth-order valence-corrected chi connectivity index (χ4v) is 2.06. The van der Waals surface area contributed by atoms with E-state index in [1.54, 1.807) is 0 Å². The van der Waals surface area contributed by atoms with Crippen molar-refractivity contribution >= 4 is 21.9 Å². The van der Waals surface area contributed by atoms with E-state index in [9.17, 15) is 4.79 Å². The summed E-state index contributed by atoms with van der Waals surface area (Å²) in [5.41, 5.74) is 0. The van der Waals surface area contributed by atoms with Crippen LogP contribution in [-0.4, -0.2) is 31.1 Å². The van der Waals surface area contributed by atoms with Gasteiger partial charge in [0.1, 0.15) is 0 Å². The largest absolute Gasteiger partial charge is 0.466 e. The van der Waals surface area contributed by atoms with Crippen LogP contribution in [0.2, 0.25) is 0 Å². The predicted octanol–water partition coefficient (Wildman–Crippen LogP) is 4.64. The number of hydrogen-bond donors (Lipinski definition) is 0. The lowest BCUT2D eigenvalue weighted by atomic mass is 10.2. The summed E-state index contributed by atoms with van der Waals surface area (Å²) in [6, 6.07) is 0. The minimum absolute atomic E-state index is 0.0972. The fraction of sp³-hybridized carbons (Fsp3) is 0.812. The van der Waals surface area contributed by atoms with Gasteiger partial charge in [-0.3, -0.25) is 4.79 Å². The number of rotatable bonds is 14. The van der Waals surface area contributed by atoms with Crippen molar-refractivity contribution < 1.29 is 14.3 Å². The van der Waals surface area contributed by atoms with Gasteiger partial charge in [0.05, 0.1) is 13.2 Å². The van der Waals surface area contributed by atoms with Crippen LogP contribution in [-0.2, 0) is 14.3 Å². The van der Waals surface area contributed by atoms with E-state index in [0.717, 1.165) is 44.0 Å². The molecule has 0 aliphatic heterocycles. The minimum atomic E-state index is -0.0972. The fourth-order valence-electron chi connectivity index (χ4n) is 1.66. The number of carbonyl (C=O) groups is 1. The lowest BCUT2D eigenvalue weighted by Crippen LogP contribution is -2.07. The summed E-state index contributed by atoms with van der Waals surface area (Å²) in [6.45, 7) is 4.05. The highest BCUT2D eigenvalue weighted by atomic mass is 79.9. The van der Waals surface area contributed by atoms with Gasteiger partial charge in [-0.05, 0) is 32.1 Å². The molecule has 0 spiro atoms. The highest BCUT2D eigenvalue weighted by molar-refractivity contribution is 9.09. The second-order valence-corrected chi connectivity index (χ2v) is 5.50. The highest BCUT2D eigenvalue weighted by Gasteiger charge is 2.02. The molecule has 0 aliphatic carbocycles. The normalized spacial score (nSPS) is 11.1. The molecule has 0 rings (SSSR count). The Balaban J connectivity index is 3.18. The van der Waals surface area contributed by atoms with Gasteiger partial charge >= 0.3 is 5.97 Å². The first-order valence-electron chi connectivity index (χ1n) is 7.75. The van der Waals surface area contributed by atoms with Crippen LogP contribution in [0.4, 0.5) is 0 Å². The zero-order chi connectivity index (χ0) is 14.9. The van der Waals surface area contributed by atoms with Gasteiger partial charge in [-0.1, -0.05) is 47.8 Å². The lowest BCUT2D eigenvalue weighted by molar-refractivity contribution is -0.144. The smallest absolute Gasteiger partial charge is 0.305 e. The number of unbranched alkanes of at least 4 members (excludes halogenated alkanes) is 3. The predicted molar refractivity (Wildman–Crippen MR) is 87.3 cm³/mol. The van der Waals surface area contributed by atoms with E-state index >= 15 is 0 Å². The average molecular weight is 349 g/mol. The van der Waals surface area contributed by atoms with Crippen molar-refractivity contribution in [1.82, 2.24) is 0 Å². The Morgan fingerprint density at radius 2 is 1.80 bits per heavy atom. The van der Waals surface area contributed by atoms with E-state index in [2.05, 4.69) is 35.0 Å². The van der Waals surface area contributed by atoms with Crippen LogP contribution in [0.1, 0.15) is 58.3 Å². The third kappa shape index (κ3) is 15.7. The van der Waals surface area contributed by atoms with E-state index in [0.29, 0.717) is 19.6 Å². The maximum atomic E-state index is 11.4. The third-order valence-electron chi connectivity index (χ3n) is 2.79. The van der Waals surface area contributed by atoms with Crippen LogP contribution in [0.5, 0.6) is 0 Å². The Labute approximate surface area is 132 Å². The molecule has 0 atom stereocenters. The second-order valence-electron chi connectivity index (χ2n) is 4.71. The van der Waals surface area contributed by atoms with Crippen molar-refractivity contribution in [2.45, 2.75) is 58.3 Å². The van der Waals surface area contributed by atoms with E-state index in [4.69, 9.17) is 9.47 Å². The molecule has 0 saturated carbocycles. The molecule has 0 unspecified atom stereocenters. The van der Waals surface area contributed by atoms with Gasteiger partial charge in [-0.2, -0.15) is 0 Å². The molecule has 0 heterocycles. The summed E-state index contributed by atoms with van der Waals surface area (Å²) < 4.78 is 10.6. The maximum Gasteiger partial charge on any atom is 0.305 e. The van der Waals surface area contributed by atoms with Crippen LogP contribution in [0, 0.1) is 0 Å². The first kappa shape index (κ1) is 19.7. The number of ether oxygens (including phenoxy) is 2. The van der Waals surface area contributed by atoms with E-state index < -0.39 is 0 Å². The van der Waals surface area contributed by atoms with Crippen molar-refractivity contribution in [1.29, 1.82) is 0 Å². The van der Waals surface area contributed by atoms with Crippen LogP contribution in [0.15, 0.2) is 12.2 Å². The van der Waals surface area contributed by atoms with Gasteiger partial charge in [-0.15, -0.1) is 0 Å². The molecule has 3 nitrogen and oxygen atoms in total. The van der Waals surface area contributed by atoms with Gasteiger partial charge in [0, 0.05) is 18.4 Å². The van der Waals surface area contributed by atoms with Gasteiger partial charge in [0.25, 0.3) is 0 Å². The van der Waals surface area contributed by atoms with Gasteiger partial charge < -0.3 is 9.47 Å². The van der Waals surface area contributed by atoms with Crippen LogP contribution >= 0.6 is 15.9 Å². The number of alkyl halides is 1. The van der Waals surface area contributed by atoms with E-state index in [1.807, 2.05) is 0 Å². The van der Waals surface area contributed by atoms with Crippen molar-refractivity contribution in [3.8, 4) is 0 Å². The molecule has 0 aromatic rings. The molecule has 20 heavy (non-hydrogen) atoms. The Hall–Kier alpha value is -0.350. The molecule has 0 radical (unpaired) electrons. The van der Waals surface area contributed by atoms with E-state index in [1.165, 1.54) is 12.8 Å². The zero-order valence-corrected chi connectivity index (χ0v) is 14.3. The van der Waals surface area contributed by atoms with E-state index in [-0.39, 0.29) is 5.97 Å². The molecule has 0 amide bonds. The lowest BCUT2D eigenvalue weighted by Gasteiger charge is -2.05. The van der Waals surface area contributed by atoms with Gasteiger partial charge in [0.15, 0.2) is 0 Å². The highest BCUT2D eigenvalue weighted by Crippen LogP contribution is 2.03. The quantitative estimate of drug-likeness (QED) is 0.198. The maximum absolute atomic E-state index is 11.4. The first-order valence-corrected chi connectivity index (χ1v) is 8.87. The minimum Gasteiger partial charge on any atom is -0.466 e. The number of allylic oxidation sites excluding steroid dienone is 1. The molecule has 118 valence electrons. The van der Waals surface area contributed by atoms with Gasteiger partial charge in [0.2, 0.25) is 0 Å². The number of hydrogen-bond acceptors (Lipinski definition) is 3. The molecule has 0 aromatic heterocycles. The third-order valence-corrected chi connectivity index (χ3v) is 3.35. The molecule has 0 aliphatic rings. The molecule has 0 N–H and O–H groups in total. The van der Waals surface area contributed by atoms with Crippen LogP contribution < -0.4 is 0 Å². The summed E-state index contributed by atoms with van der Waals surface area (Å²) in [4.78, 5) is 11.4. The first-order chi connectivity index (χ1) is 9.81. The Bertz CT molecular complexity index is 242. The van der Waals surface area contributed by atoms with Crippen LogP contribution in [0.3, 0.4) is 0 Å². The Morgan fingerprint density at radius 1 is 1.00 bits per heavy atom. The van der Waals surface area contributed by atoms with Gasteiger partial charge in [-0.25, -0.2) is 0 Å². The molecule has 0 fully saturated rings. The summed E-state index contributed by atoms with van der Waals surface area (Å²) in [7, 11) is 0. The van der Waals surface area contributed by atoms with Crippen molar-refractivity contribution in [3.05, 3.63) is 12.2 Å². The standard InChI is InChI=1S/C16H29BrO3/c1-2-3-4-8-13-19-14-10-11-16(18)20-15-9-6-5-7-12-17/h3-4H,2,5-15H2,1H3/b4-3-. The Morgan fingerprint density at radius 3 is 2.55 bits per heavy atom. The summed E-state index contributed by atoms with van der Waals surface area (Å²) in [5, 5.41) is 1.06. The molecule has 0 saturated heterocycles. The van der Waals surface area contributed by atoms with Crippen molar-refractivity contribution in [2.24, 2.45) is 0 Å². The average Bonchev–Trinajstić information content (AvgIpc) is 2.45. The molecule has 0 aromatic carbocycles. The summed E-state index contributed by atoms with van der Waals surface area (Å²) in [6.07, 6.45) is 12.0. The molecule has 4 heteroatoms. The molecular formula is C16H29BrO3. The Kier molecular flexibility index (Phi) is 16.4. The zero-order valence-electron chi connectivity index (χ0n) is 12.7. The summed E-state index contributed by atoms with van der Waals surface area (Å²) in [5.74, 6) is -0.0972. The topological polar surface area (TPSA) is 35.5 Å². The van der Waals surface area contributed by atoms with Crippen LogP contribution in [0.25, 0.3) is 0 Å².